The number of aliphatic hydroxyl groups is 1. The third-order valence-electron chi connectivity index (χ3n) is 4.28. The minimum Gasteiger partial charge on any atom is -0.393 e. The van der Waals surface area contributed by atoms with E-state index >= 15 is 0 Å². The third-order valence-corrected chi connectivity index (χ3v) is 4.53. The first-order valence-corrected chi connectivity index (χ1v) is 7.94. The molecule has 1 N–H and O–H groups in total. The van der Waals surface area contributed by atoms with Crippen molar-refractivity contribution in [1.82, 2.24) is 4.90 Å². The summed E-state index contributed by atoms with van der Waals surface area (Å²) < 4.78 is 0. The molecule has 0 bridgehead atoms. The molecule has 1 aromatic rings. The van der Waals surface area contributed by atoms with E-state index in [1.54, 1.807) is 0 Å². The summed E-state index contributed by atoms with van der Waals surface area (Å²) >= 11 is 5.93. The zero-order chi connectivity index (χ0) is 15.6. The second-order valence-electron chi connectivity index (χ2n) is 6.48. The van der Waals surface area contributed by atoms with E-state index in [1.165, 1.54) is 0 Å². The molecule has 1 aliphatic rings. The van der Waals surface area contributed by atoms with Crippen molar-refractivity contribution in [2.75, 3.05) is 13.6 Å². The van der Waals surface area contributed by atoms with Gasteiger partial charge in [0.25, 0.3) is 0 Å². The van der Waals surface area contributed by atoms with Gasteiger partial charge in [-0.05, 0) is 42.4 Å². The van der Waals surface area contributed by atoms with Crippen molar-refractivity contribution in [3.8, 4) is 0 Å². The van der Waals surface area contributed by atoms with Gasteiger partial charge >= 0.3 is 0 Å². The maximum Gasteiger partial charge on any atom is 0.230 e. The van der Waals surface area contributed by atoms with Crippen LogP contribution in [0.1, 0.15) is 38.2 Å². The molecule has 4 heteroatoms. The minimum absolute atomic E-state index is 0.141. The van der Waals surface area contributed by atoms with Gasteiger partial charge in [0.15, 0.2) is 0 Å². The van der Waals surface area contributed by atoms with Gasteiger partial charge in [-0.15, -0.1) is 0 Å². The second kappa shape index (κ2) is 6.80. The highest BCUT2D eigenvalue weighted by atomic mass is 35.5. The fourth-order valence-corrected chi connectivity index (χ4v) is 3.17. The van der Waals surface area contributed by atoms with Crippen molar-refractivity contribution in [2.24, 2.45) is 11.8 Å². The average Bonchev–Trinajstić information content (AvgIpc) is 2.39. The van der Waals surface area contributed by atoms with E-state index in [0.29, 0.717) is 10.9 Å². The summed E-state index contributed by atoms with van der Waals surface area (Å²) in [5.74, 6) is 0.672. The standard InChI is InChI=1S/C17H24ClNO2/c1-11(2)16(13-4-6-14(18)7-5-13)17(21)19(3)10-12-8-15(20)9-12/h4-7,11-12,15-16,20H,8-10H2,1-3H3. The fourth-order valence-electron chi connectivity index (χ4n) is 3.05. The normalized spacial score (nSPS) is 22.8. The summed E-state index contributed by atoms with van der Waals surface area (Å²) in [5.41, 5.74) is 1.01. The van der Waals surface area contributed by atoms with E-state index in [-0.39, 0.29) is 23.8 Å². The molecule has 116 valence electrons. The Bertz CT molecular complexity index is 480. The largest absolute Gasteiger partial charge is 0.393 e. The predicted octanol–water partition coefficient (Wildman–Crippen LogP) is 3.31. The van der Waals surface area contributed by atoms with Crippen molar-refractivity contribution in [3.63, 3.8) is 0 Å². The van der Waals surface area contributed by atoms with Crippen LogP contribution in [0.4, 0.5) is 0 Å². The molecule has 1 fully saturated rings. The van der Waals surface area contributed by atoms with Crippen molar-refractivity contribution in [3.05, 3.63) is 34.9 Å². The predicted molar refractivity (Wildman–Crippen MR) is 85.4 cm³/mol. The Balaban J connectivity index is 2.06. The number of carbonyl (C=O) groups is 1. The molecule has 2 rings (SSSR count). The number of carbonyl (C=O) groups excluding carboxylic acids is 1. The summed E-state index contributed by atoms with van der Waals surface area (Å²) in [6.07, 6.45) is 1.45. The SMILES string of the molecule is CC(C)C(C(=O)N(C)CC1CC(O)C1)c1ccc(Cl)cc1. The van der Waals surface area contributed by atoms with Crippen molar-refractivity contribution in [2.45, 2.75) is 38.7 Å². The zero-order valence-corrected chi connectivity index (χ0v) is 13.7. The summed E-state index contributed by atoms with van der Waals surface area (Å²) in [6.45, 7) is 4.86. The van der Waals surface area contributed by atoms with Crippen LogP contribution in [0, 0.1) is 11.8 Å². The van der Waals surface area contributed by atoms with Gasteiger partial charge in [0.05, 0.1) is 12.0 Å². The monoisotopic (exact) mass is 309 g/mol. The van der Waals surface area contributed by atoms with E-state index < -0.39 is 0 Å². The first kappa shape index (κ1) is 16.3. The number of amides is 1. The van der Waals surface area contributed by atoms with Crippen molar-refractivity contribution < 1.29 is 9.90 Å². The van der Waals surface area contributed by atoms with Crippen LogP contribution < -0.4 is 0 Å². The fraction of sp³-hybridized carbons (Fsp3) is 0.588. The summed E-state index contributed by atoms with van der Waals surface area (Å²) in [6, 6.07) is 7.54. The first-order valence-electron chi connectivity index (χ1n) is 7.57. The van der Waals surface area contributed by atoms with E-state index in [1.807, 2.05) is 36.2 Å². The Morgan fingerprint density at radius 2 is 1.90 bits per heavy atom. The van der Waals surface area contributed by atoms with E-state index in [0.717, 1.165) is 24.9 Å². The Hall–Kier alpha value is -1.06. The van der Waals surface area contributed by atoms with Gasteiger partial charge in [-0.1, -0.05) is 37.6 Å². The average molecular weight is 310 g/mol. The van der Waals surface area contributed by atoms with Gasteiger partial charge < -0.3 is 10.0 Å². The highest BCUT2D eigenvalue weighted by Crippen LogP contribution is 2.31. The number of likely N-dealkylation sites (N-methyl/N-ethyl adjacent to an activating group) is 1. The van der Waals surface area contributed by atoms with E-state index in [2.05, 4.69) is 13.8 Å². The molecule has 21 heavy (non-hydrogen) atoms. The van der Waals surface area contributed by atoms with Gasteiger partial charge in [-0.2, -0.15) is 0 Å². The van der Waals surface area contributed by atoms with Crippen LogP contribution in [0.2, 0.25) is 5.02 Å². The molecule has 3 nitrogen and oxygen atoms in total. The number of rotatable bonds is 5. The molecule has 0 radical (unpaired) electrons. The molecule has 0 heterocycles. The van der Waals surface area contributed by atoms with E-state index in [9.17, 15) is 9.90 Å². The smallest absolute Gasteiger partial charge is 0.230 e. The highest BCUT2D eigenvalue weighted by molar-refractivity contribution is 6.30. The Labute approximate surface area is 131 Å². The maximum absolute atomic E-state index is 12.8. The zero-order valence-electron chi connectivity index (χ0n) is 12.9. The lowest BCUT2D eigenvalue weighted by molar-refractivity contribution is -0.134. The number of nitrogens with zero attached hydrogens (tertiary/aromatic N) is 1. The van der Waals surface area contributed by atoms with Crippen LogP contribution in [-0.2, 0) is 4.79 Å². The Kier molecular flexibility index (Phi) is 5.28. The quantitative estimate of drug-likeness (QED) is 0.906. The van der Waals surface area contributed by atoms with Crippen LogP contribution >= 0.6 is 11.6 Å². The second-order valence-corrected chi connectivity index (χ2v) is 6.92. The van der Waals surface area contributed by atoms with Crippen LogP contribution in [0.15, 0.2) is 24.3 Å². The number of halogens is 1. The maximum atomic E-state index is 12.8. The molecule has 1 saturated carbocycles. The van der Waals surface area contributed by atoms with Crippen LogP contribution in [-0.4, -0.2) is 35.6 Å². The molecule has 0 aromatic heterocycles. The van der Waals surface area contributed by atoms with Crippen LogP contribution in [0.5, 0.6) is 0 Å². The van der Waals surface area contributed by atoms with Gasteiger partial charge in [0.2, 0.25) is 5.91 Å². The van der Waals surface area contributed by atoms with Crippen LogP contribution in [0.3, 0.4) is 0 Å². The third kappa shape index (κ3) is 3.98. The molecule has 0 aliphatic heterocycles. The summed E-state index contributed by atoms with van der Waals surface area (Å²) in [4.78, 5) is 14.6. The highest BCUT2D eigenvalue weighted by Gasteiger charge is 2.32. The number of aliphatic hydroxyl groups excluding tert-OH is 1. The van der Waals surface area contributed by atoms with Gasteiger partial charge in [0.1, 0.15) is 0 Å². The molecular weight excluding hydrogens is 286 g/mol. The molecule has 1 aliphatic carbocycles. The van der Waals surface area contributed by atoms with Gasteiger partial charge in [-0.3, -0.25) is 4.79 Å². The molecule has 1 aromatic carbocycles. The Morgan fingerprint density at radius 1 is 1.33 bits per heavy atom. The number of benzene rings is 1. The lowest BCUT2D eigenvalue weighted by atomic mass is 9.81. The van der Waals surface area contributed by atoms with E-state index in [4.69, 9.17) is 11.6 Å². The lowest BCUT2D eigenvalue weighted by Gasteiger charge is -2.36. The summed E-state index contributed by atoms with van der Waals surface area (Å²) in [5, 5.41) is 10.0. The van der Waals surface area contributed by atoms with Gasteiger partial charge in [0, 0.05) is 18.6 Å². The molecule has 1 unspecified atom stereocenters. The van der Waals surface area contributed by atoms with Crippen LogP contribution in [0.25, 0.3) is 0 Å². The molecule has 0 saturated heterocycles. The molecule has 1 atom stereocenters. The lowest BCUT2D eigenvalue weighted by Crippen LogP contribution is -2.42. The summed E-state index contributed by atoms with van der Waals surface area (Å²) in [7, 11) is 1.86. The number of hydrogen-bond donors (Lipinski definition) is 1. The number of hydrogen-bond acceptors (Lipinski definition) is 2. The molecule has 1 amide bonds. The van der Waals surface area contributed by atoms with Gasteiger partial charge in [-0.25, -0.2) is 0 Å². The first-order chi connectivity index (χ1) is 9.88. The Morgan fingerprint density at radius 3 is 2.38 bits per heavy atom. The molecule has 0 spiro atoms. The topological polar surface area (TPSA) is 40.5 Å². The minimum atomic E-state index is -0.171. The van der Waals surface area contributed by atoms with Crippen molar-refractivity contribution >= 4 is 17.5 Å². The van der Waals surface area contributed by atoms with Crippen molar-refractivity contribution in [1.29, 1.82) is 0 Å². The molecular formula is C17H24ClNO2.